The van der Waals surface area contributed by atoms with E-state index in [-0.39, 0.29) is 0 Å². The van der Waals surface area contributed by atoms with Crippen molar-refractivity contribution in [1.82, 2.24) is 0 Å². The molecule has 1 aliphatic carbocycles. The van der Waals surface area contributed by atoms with Crippen LogP contribution >= 0.6 is 0 Å². The second-order valence-corrected chi connectivity index (χ2v) is 5.01. The van der Waals surface area contributed by atoms with Gasteiger partial charge in [0, 0.05) is 18.8 Å². The van der Waals surface area contributed by atoms with Crippen molar-refractivity contribution >= 4 is 5.69 Å². The summed E-state index contributed by atoms with van der Waals surface area (Å²) in [4.78, 5) is 2.38. The maximum Gasteiger partial charge on any atom is 0.0994 e. The summed E-state index contributed by atoms with van der Waals surface area (Å²) in [5.41, 5.74) is 3.10. The maximum absolute atomic E-state index is 8.93. The number of nitriles is 1. The minimum Gasteiger partial charge on any atom is -0.372 e. The fraction of sp³-hybridized carbons (Fsp3) is 0.533. The number of benzene rings is 1. The van der Waals surface area contributed by atoms with Gasteiger partial charge in [-0.2, -0.15) is 5.26 Å². The number of anilines is 1. The van der Waals surface area contributed by atoms with E-state index in [1.54, 1.807) is 0 Å². The Morgan fingerprint density at radius 3 is 2.53 bits per heavy atom. The Balaban J connectivity index is 2.16. The molecule has 90 valence electrons. The lowest BCUT2D eigenvalue weighted by atomic mass is 9.94. The van der Waals surface area contributed by atoms with Gasteiger partial charge in [-0.15, -0.1) is 0 Å². The third-order valence-corrected chi connectivity index (χ3v) is 3.86. The molecule has 0 N–H and O–H groups in total. The van der Waals surface area contributed by atoms with E-state index < -0.39 is 0 Å². The van der Waals surface area contributed by atoms with Crippen molar-refractivity contribution in [2.45, 2.75) is 45.1 Å². The third-order valence-electron chi connectivity index (χ3n) is 3.86. The first-order chi connectivity index (χ1) is 8.22. The van der Waals surface area contributed by atoms with Crippen molar-refractivity contribution < 1.29 is 0 Å². The standard InChI is InChI=1S/C15H20N2/c1-12-10-15(9-8-13(12)11-16)17(2)14-6-4-3-5-7-14/h8-10,14H,3-7H2,1-2H3. The fourth-order valence-corrected chi connectivity index (χ4v) is 2.67. The highest BCUT2D eigenvalue weighted by Gasteiger charge is 2.18. The SMILES string of the molecule is Cc1cc(N(C)C2CCCCC2)ccc1C#N. The molecular weight excluding hydrogens is 208 g/mol. The zero-order valence-electron chi connectivity index (χ0n) is 10.7. The molecule has 1 aromatic rings. The number of rotatable bonds is 2. The second kappa shape index (κ2) is 5.23. The highest BCUT2D eigenvalue weighted by Crippen LogP contribution is 2.27. The molecule has 0 heterocycles. The number of hydrogen-bond donors (Lipinski definition) is 0. The van der Waals surface area contributed by atoms with Crippen LogP contribution in [0.1, 0.15) is 43.2 Å². The number of nitrogens with zero attached hydrogens (tertiary/aromatic N) is 2. The zero-order valence-corrected chi connectivity index (χ0v) is 10.7. The molecule has 0 amide bonds. The van der Waals surface area contributed by atoms with Crippen LogP contribution in [0.4, 0.5) is 5.69 Å². The minimum atomic E-state index is 0.677. The van der Waals surface area contributed by atoms with E-state index in [0.717, 1.165) is 11.1 Å². The largest absolute Gasteiger partial charge is 0.372 e. The van der Waals surface area contributed by atoms with Crippen molar-refractivity contribution in [2.75, 3.05) is 11.9 Å². The molecule has 0 aliphatic heterocycles. The Kier molecular flexibility index (Phi) is 3.68. The van der Waals surface area contributed by atoms with E-state index in [2.05, 4.69) is 30.1 Å². The van der Waals surface area contributed by atoms with Gasteiger partial charge in [0.2, 0.25) is 0 Å². The summed E-state index contributed by atoms with van der Waals surface area (Å²) < 4.78 is 0. The smallest absolute Gasteiger partial charge is 0.0994 e. The molecule has 17 heavy (non-hydrogen) atoms. The lowest BCUT2D eigenvalue weighted by molar-refractivity contribution is 0.427. The normalized spacial score (nSPS) is 16.5. The molecule has 1 aliphatic rings. The minimum absolute atomic E-state index is 0.677. The van der Waals surface area contributed by atoms with Crippen molar-refractivity contribution in [1.29, 1.82) is 5.26 Å². The second-order valence-electron chi connectivity index (χ2n) is 5.01. The molecule has 1 saturated carbocycles. The monoisotopic (exact) mass is 228 g/mol. The number of aryl methyl sites for hydroxylation is 1. The molecule has 1 fully saturated rings. The van der Waals surface area contributed by atoms with E-state index >= 15 is 0 Å². The Bertz CT molecular complexity index is 425. The summed E-state index contributed by atoms with van der Waals surface area (Å²) in [6, 6.07) is 9.04. The topological polar surface area (TPSA) is 27.0 Å². The molecule has 2 heteroatoms. The molecule has 0 saturated heterocycles. The Labute approximate surface area is 104 Å². The first-order valence-corrected chi connectivity index (χ1v) is 6.46. The van der Waals surface area contributed by atoms with Crippen LogP contribution in [0.25, 0.3) is 0 Å². The summed E-state index contributed by atoms with van der Waals surface area (Å²) in [7, 11) is 2.18. The molecule has 0 atom stereocenters. The highest BCUT2D eigenvalue weighted by atomic mass is 15.1. The van der Waals surface area contributed by atoms with E-state index in [1.165, 1.54) is 37.8 Å². The van der Waals surface area contributed by atoms with Crippen LogP contribution in [-0.4, -0.2) is 13.1 Å². The predicted octanol–water partition coefficient (Wildman–Crippen LogP) is 3.64. The van der Waals surface area contributed by atoms with Crippen molar-refractivity contribution in [3.63, 3.8) is 0 Å². The molecular formula is C15H20N2. The van der Waals surface area contributed by atoms with Crippen LogP contribution in [0.15, 0.2) is 18.2 Å². The van der Waals surface area contributed by atoms with Gasteiger partial charge < -0.3 is 4.90 Å². The Morgan fingerprint density at radius 2 is 1.94 bits per heavy atom. The fourth-order valence-electron chi connectivity index (χ4n) is 2.67. The predicted molar refractivity (Wildman–Crippen MR) is 71.2 cm³/mol. The molecule has 1 aromatic carbocycles. The van der Waals surface area contributed by atoms with E-state index in [9.17, 15) is 0 Å². The zero-order chi connectivity index (χ0) is 12.3. The van der Waals surface area contributed by atoms with Gasteiger partial charge in [-0.05, 0) is 43.5 Å². The third kappa shape index (κ3) is 2.61. The van der Waals surface area contributed by atoms with E-state index in [4.69, 9.17) is 5.26 Å². The Hall–Kier alpha value is -1.49. The molecule has 2 rings (SSSR count). The lowest BCUT2D eigenvalue weighted by Gasteiger charge is -2.33. The number of hydrogen-bond acceptors (Lipinski definition) is 2. The first-order valence-electron chi connectivity index (χ1n) is 6.46. The van der Waals surface area contributed by atoms with Crippen LogP contribution in [0.5, 0.6) is 0 Å². The van der Waals surface area contributed by atoms with Gasteiger partial charge in [-0.1, -0.05) is 19.3 Å². The average Bonchev–Trinajstić information content (AvgIpc) is 2.39. The summed E-state index contributed by atoms with van der Waals surface area (Å²) in [6.45, 7) is 2.01. The van der Waals surface area contributed by atoms with Gasteiger partial charge in [-0.3, -0.25) is 0 Å². The summed E-state index contributed by atoms with van der Waals surface area (Å²) in [5, 5.41) is 8.93. The van der Waals surface area contributed by atoms with E-state index in [1.807, 2.05) is 13.0 Å². The van der Waals surface area contributed by atoms with Crippen LogP contribution in [0, 0.1) is 18.3 Å². The summed E-state index contributed by atoms with van der Waals surface area (Å²) in [6.07, 6.45) is 6.69. The Morgan fingerprint density at radius 1 is 1.24 bits per heavy atom. The van der Waals surface area contributed by atoms with Crippen molar-refractivity contribution in [3.8, 4) is 6.07 Å². The van der Waals surface area contributed by atoms with Gasteiger partial charge in [0.05, 0.1) is 11.6 Å². The van der Waals surface area contributed by atoms with Gasteiger partial charge in [0.15, 0.2) is 0 Å². The molecule has 0 aromatic heterocycles. The van der Waals surface area contributed by atoms with Crippen molar-refractivity contribution in [3.05, 3.63) is 29.3 Å². The lowest BCUT2D eigenvalue weighted by Crippen LogP contribution is -2.33. The maximum atomic E-state index is 8.93. The van der Waals surface area contributed by atoms with Gasteiger partial charge in [0.1, 0.15) is 0 Å². The van der Waals surface area contributed by atoms with Crippen LogP contribution < -0.4 is 4.90 Å². The first kappa shape index (κ1) is 12.0. The van der Waals surface area contributed by atoms with Gasteiger partial charge in [-0.25, -0.2) is 0 Å². The van der Waals surface area contributed by atoms with Gasteiger partial charge >= 0.3 is 0 Å². The summed E-state index contributed by atoms with van der Waals surface area (Å²) in [5.74, 6) is 0. The van der Waals surface area contributed by atoms with Crippen molar-refractivity contribution in [2.24, 2.45) is 0 Å². The molecule has 0 radical (unpaired) electrons. The molecule has 2 nitrogen and oxygen atoms in total. The van der Waals surface area contributed by atoms with Crippen LogP contribution in [0.3, 0.4) is 0 Å². The molecule has 0 bridgehead atoms. The highest BCUT2D eigenvalue weighted by molar-refractivity contribution is 5.53. The van der Waals surface area contributed by atoms with Gasteiger partial charge in [0.25, 0.3) is 0 Å². The molecule has 0 spiro atoms. The van der Waals surface area contributed by atoms with Crippen LogP contribution in [-0.2, 0) is 0 Å². The summed E-state index contributed by atoms with van der Waals surface area (Å²) >= 11 is 0. The van der Waals surface area contributed by atoms with E-state index in [0.29, 0.717) is 6.04 Å². The average molecular weight is 228 g/mol. The quantitative estimate of drug-likeness (QED) is 0.772. The molecule has 0 unspecified atom stereocenters. The van der Waals surface area contributed by atoms with Crippen LogP contribution in [0.2, 0.25) is 0 Å².